The van der Waals surface area contributed by atoms with E-state index >= 15 is 0 Å². The van der Waals surface area contributed by atoms with Crippen LogP contribution in [0.1, 0.15) is 18.8 Å². The first-order valence-electron chi connectivity index (χ1n) is 4.84. The van der Waals surface area contributed by atoms with E-state index in [-0.39, 0.29) is 11.1 Å². The highest BCUT2D eigenvalue weighted by atomic mass is 35.5. The number of nitrogens with zero attached hydrogens (tertiary/aromatic N) is 1. The number of hydrogen-bond donors (Lipinski definition) is 2. The fourth-order valence-corrected chi connectivity index (χ4v) is 1.56. The highest BCUT2D eigenvalue weighted by Crippen LogP contribution is 2.24. The van der Waals surface area contributed by atoms with Crippen molar-refractivity contribution in [3.63, 3.8) is 0 Å². The van der Waals surface area contributed by atoms with E-state index in [0.29, 0.717) is 5.82 Å². The van der Waals surface area contributed by atoms with E-state index < -0.39 is 5.82 Å². The van der Waals surface area contributed by atoms with E-state index in [4.69, 9.17) is 17.3 Å². The van der Waals surface area contributed by atoms with E-state index in [1.54, 1.807) is 18.3 Å². The summed E-state index contributed by atoms with van der Waals surface area (Å²) in [5.74, 6) is 0.257. The maximum atomic E-state index is 13.0. The molecule has 2 rings (SSSR count). The van der Waals surface area contributed by atoms with Gasteiger partial charge >= 0.3 is 0 Å². The van der Waals surface area contributed by atoms with Crippen LogP contribution in [0, 0.1) is 5.82 Å². The summed E-state index contributed by atoms with van der Waals surface area (Å²) in [5, 5.41) is 0.0921. The Labute approximate surface area is 97.5 Å². The van der Waals surface area contributed by atoms with Gasteiger partial charge < -0.3 is 10.7 Å². The van der Waals surface area contributed by atoms with Gasteiger partial charge in [0.15, 0.2) is 0 Å². The van der Waals surface area contributed by atoms with Gasteiger partial charge in [-0.25, -0.2) is 9.37 Å². The predicted molar refractivity (Wildman–Crippen MR) is 61.6 cm³/mol. The molecule has 0 aliphatic rings. The molecule has 84 valence electrons. The molecule has 1 unspecified atom stereocenters. The van der Waals surface area contributed by atoms with Crippen LogP contribution in [0.4, 0.5) is 4.39 Å². The third-order valence-corrected chi connectivity index (χ3v) is 2.55. The molecule has 5 heteroatoms. The number of nitrogens with one attached hydrogen (secondary N) is 1. The summed E-state index contributed by atoms with van der Waals surface area (Å²) < 4.78 is 13.0. The van der Waals surface area contributed by atoms with Gasteiger partial charge in [0.2, 0.25) is 0 Å². The van der Waals surface area contributed by atoms with Crippen LogP contribution < -0.4 is 5.73 Å². The first kappa shape index (κ1) is 11.1. The Balaban J connectivity index is 2.39. The van der Waals surface area contributed by atoms with Crippen molar-refractivity contribution in [3.8, 4) is 11.3 Å². The fourth-order valence-electron chi connectivity index (χ4n) is 1.38. The molecule has 3 nitrogen and oxygen atoms in total. The fraction of sp³-hybridized carbons (Fsp3) is 0.182. The highest BCUT2D eigenvalue weighted by molar-refractivity contribution is 6.31. The topological polar surface area (TPSA) is 54.7 Å². The quantitative estimate of drug-likeness (QED) is 0.847. The number of aromatic amines is 1. The molecule has 0 saturated heterocycles. The summed E-state index contributed by atoms with van der Waals surface area (Å²) in [6.45, 7) is 1.83. The average Bonchev–Trinajstić information content (AvgIpc) is 2.71. The molecular weight excluding hydrogens is 229 g/mol. The molecule has 1 atom stereocenters. The van der Waals surface area contributed by atoms with Crippen LogP contribution in [-0.4, -0.2) is 9.97 Å². The van der Waals surface area contributed by atoms with Gasteiger partial charge in [-0.3, -0.25) is 0 Å². The molecule has 1 aromatic carbocycles. The monoisotopic (exact) mass is 239 g/mol. The first-order chi connectivity index (χ1) is 7.58. The van der Waals surface area contributed by atoms with Crippen molar-refractivity contribution >= 4 is 11.6 Å². The van der Waals surface area contributed by atoms with Crippen molar-refractivity contribution in [2.24, 2.45) is 5.73 Å². The zero-order valence-corrected chi connectivity index (χ0v) is 9.42. The van der Waals surface area contributed by atoms with E-state index in [9.17, 15) is 4.39 Å². The second-order valence-corrected chi connectivity index (χ2v) is 4.01. The Morgan fingerprint density at radius 1 is 1.50 bits per heavy atom. The number of halogens is 2. The summed E-state index contributed by atoms with van der Waals surface area (Å²) in [7, 11) is 0. The minimum absolute atomic E-state index is 0.0921. The lowest BCUT2D eigenvalue weighted by Crippen LogP contribution is -2.06. The molecule has 0 aliphatic carbocycles. The van der Waals surface area contributed by atoms with Gasteiger partial charge in [-0.1, -0.05) is 11.6 Å². The number of imidazole rings is 1. The van der Waals surface area contributed by atoms with Crippen LogP contribution in [0.5, 0.6) is 0 Å². The van der Waals surface area contributed by atoms with Crippen molar-refractivity contribution in [1.82, 2.24) is 9.97 Å². The average molecular weight is 240 g/mol. The minimum atomic E-state index is -0.433. The standard InChI is InChI=1S/C11H11ClFN3/c1-6(14)11-15-5-10(16-11)7-2-3-9(13)8(12)4-7/h2-6H,14H2,1H3,(H,15,16). The largest absolute Gasteiger partial charge is 0.341 e. The van der Waals surface area contributed by atoms with Gasteiger partial charge in [0.1, 0.15) is 11.6 Å². The predicted octanol–water partition coefficient (Wildman–Crippen LogP) is 2.89. The molecule has 1 aromatic heterocycles. The number of aromatic nitrogens is 2. The molecule has 1 heterocycles. The highest BCUT2D eigenvalue weighted by Gasteiger charge is 2.08. The number of benzene rings is 1. The van der Waals surface area contributed by atoms with E-state index in [1.807, 2.05) is 6.92 Å². The van der Waals surface area contributed by atoms with Crippen LogP contribution >= 0.6 is 11.6 Å². The number of nitrogens with two attached hydrogens (primary N) is 1. The molecule has 0 saturated carbocycles. The van der Waals surface area contributed by atoms with E-state index in [1.165, 1.54) is 6.07 Å². The second kappa shape index (κ2) is 4.23. The Morgan fingerprint density at radius 2 is 2.25 bits per heavy atom. The van der Waals surface area contributed by atoms with Crippen molar-refractivity contribution in [2.75, 3.05) is 0 Å². The Morgan fingerprint density at radius 3 is 2.81 bits per heavy atom. The van der Waals surface area contributed by atoms with Crippen LogP contribution in [-0.2, 0) is 0 Å². The van der Waals surface area contributed by atoms with Gasteiger partial charge in [0, 0.05) is 5.56 Å². The molecule has 0 aliphatic heterocycles. The number of H-pyrrole nitrogens is 1. The molecule has 0 fully saturated rings. The SMILES string of the molecule is CC(N)c1ncc(-c2ccc(F)c(Cl)c2)[nH]1. The van der Waals surface area contributed by atoms with E-state index in [0.717, 1.165) is 11.3 Å². The van der Waals surface area contributed by atoms with Crippen molar-refractivity contribution in [3.05, 3.63) is 41.1 Å². The lowest BCUT2D eigenvalue weighted by atomic mass is 10.2. The lowest BCUT2D eigenvalue weighted by molar-refractivity contribution is 0.628. The molecule has 0 spiro atoms. The Hall–Kier alpha value is -1.39. The van der Waals surface area contributed by atoms with Crippen LogP contribution in [0.2, 0.25) is 5.02 Å². The molecule has 2 aromatic rings. The maximum absolute atomic E-state index is 13.0. The molecular formula is C11H11ClFN3. The third kappa shape index (κ3) is 2.08. The van der Waals surface area contributed by atoms with Crippen LogP contribution in [0.3, 0.4) is 0 Å². The summed E-state index contributed by atoms with van der Waals surface area (Å²) >= 11 is 5.70. The minimum Gasteiger partial charge on any atom is -0.341 e. The zero-order chi connectivity index (χ0) is 11.7. The molecule has 0 bridgehead atoms. The molecule has 3 N–H and O–H groups in total. The normalized spacial score (nSPS) is 12.8. The van der Waals surface area contributed by atoms with Gasteiger partial charge in [0.05, 0.1) is 23.0 Å². The maximum Gasteiger partial charge on any atom is 0.141 e. The second-order valence-electron chi connectivity index (χ2n) is 3.60. The van der Waals surface area contributed by atoms with Crippen LogP contribution in [0.15, 0.2) is 24.4 Å². The van der Waals surface area contributed by atoms with Gasteiger partial charge in [-0.2, -0.15) is 0 Å². The summed E-state index contributed by atoms with van der Waals surface area (Å²) in [6, 6.07) is 4.35. The Kier molecular flexibility index (Phi) is 2.94. The van der Waals surface area contributed by atoms with Gasteiger partial charge in [-0.15, -0.1) is 0 Å². The van der Waals surface area contributed by atoms with Crippen molar-refractivity contribution in [1.29, 1.82) is 0 Å². The summed E-state index contributed by atoms with van der Waals surface area (Å²) in [4.78, 5) is 7.19. The van der Waals surface area contributed by atoms with Crippen LogP contribution in [0.25, 0.3) is 11.3 Å². The molecule has 16 heavy (non-hydrogen) atoms. The zero-order valence-electron chi connectivity index (χ0n) is 8.67. The molecule has 0 amide bonds. The van der Waals surface area contributed by atoms with Gasteiger partial charge in [0.25, 0.3) is 0 Å². The first-order valence-corrected chi connectivity index (χ1v) is 5.21. The molecule has 0 radical (unpaired) electrons. The van der Waals surface area contributed by atoms with Gasteiger partial charge in [-0.05, 0) is 25.1 Å². The lowest BCUT2D eigenvalue weighted by Gasteiger charge is -2.01. The van der Waals surface area contributed by atoms with Crippen molar-refractivity contribution in [2.45, 2.75) is 13.0 Å². The van der Waals surface area contributed by atoms with Crippen molar-refractivity contribution < 1.29 is 4.39 Å². The van der Waals surface area contributed by atoms with E-state index in [2.05, 4.69) is 9.97 Å². The third-order valence-electron chi connectivity index (χ3n) is 2.26. The smallest absolute Gasteiger partial charge is 0.141 e. The summed E-state index contributed by atoms with van der Waals surface area (Å²) in [6.07, 6.45) is 1.66. The number of rotatable bonds is 2. The summed E-state index contributed by atoms with van der Waals surface area (Å²) in [5.41, 5.74) is 7.23. The number of hydrogen-bond acceptors (Lipinski definition) is 2. The Bertz CT molecular complexity index is 508.